The van der Waals surface area contributed by atoms with Crippen molar-refractivity contribution in [1.82, 2.24) is 0 Å². The van der Waals surface area contributed by atoms with Crippen molar-refractivity contribution in [2.75, 3.05) is 13.7 Å². The molecule has 1 rings (SSSR count). The van der Waals surface area contributed by atoms with Crippen LogP contribution in [0.2, 0.25) is 0 Å². The molecule has 0 spiro atoms. The second kappa shape index (κ2) is 6.18. The number of benzene rings is 1. The summed E-state index contributed by atoms with van der Waals surface area (Å²) in [5, 5.41) is 28.8. The predicted octanol–water partition coefficient (Wildman–Crippen LogP) is 0.855. The third kappa shape index (κ3) is 3.08. The Labute approximate surface area is 104 Å². The fourth-order valence-corrected chi connectivity index (χ4v) is 1.39. The first-order chi connectivity index (χ1) is 8.53. The summed E-state index contributed by atoms with van der Waals surface area (Å²) in [6.45, 7) is 0.923. The molecule has 2 N–H and O–H groups in total. The highest BCUT2D eigenvalue weighted by atomic mass is 16.6. The summed E-state index contributed by atoms with van der Waals surface area (Å²) in [6.07, 6.45) is -0.515. The van der Waals surface area contributed by atoms with Gasteiger partial charge >= 0.3 is 0 Å². The Morgan fingerprint density at radius 2 is 2.06 bits per heavy atom. The number of ether oxygens (including phenoxy) is 2. The van der Waals surface area contributed by atoms with Crippen LogP contribution in [0.1, 0.15) is 12.5 Å². The van der Waals surface area contributed by atoms with E-state index in [1.165, 1.54) is 19.2 Å². The van der Waals surface area contributed by atoms with E-state index < -0.39 is 17.6 Å². The summed E-state index contributed by atoms with van der Waals surface area (Å²) in [5.41, 5.74) is -0.112. The molecular formula is C11H15NO6. The second-order valence-corrected chi connectivity index (χ2v) is 3.66. The SMILES string of the molecule is COc1cc(CO)c([N+](=O)[O-])cc1OC(C)CO. The average molecular weight is 257 g/mol. The maximum absolute atomic E-state index is 10.8. The van der Waals surface area contributed by atoms with E-state index in [0.717, 1.165) is 0 Å². The Morgan fingerprint density at radius 3 is 2.50 bits per heavy atom. The van der Waals surface area contributed by atoms with E-state index in [2.05, 4.69) is 0 Å². The summed E-state index contributed by atoms with van der Waals surface area (Å²) in [4.78, 5) is 10.2. The zero-order valence-corrected chi connectivity index (χ0v) is 10.1. The average Bonchev–Trinajstić information content (AvgIpc) is 2.37. The van der Waals surface area contributed by atoms with Crippen molar-refractivity contribution < 1.29 is 24.6 Å². The molecule has 0 saturated carbocycles. The van der Waals surface area contributed by atoms with Crippen molar-refractivity contribution >= 4 is 5.69 Å². The number of nitro benzene ring substituents is 1. The zero-order chi connectivity index (χ0) is 13.7. The first-order valence-corrected chi connectivity index (χ1v) is 5.27. The topological polar surface area (TPSA) is 102 Å². The van der Waals surface area contributed by atoms with Gasteiger partial charge in [-0.2, -0.15) is 0 Å². The summed E-state index contributed by atoms with van der Waals surface area (Å²) in [6, 6.07) is 2.52. The molecular weight excluding hydrogens is 242 g/mol. The van der Waals surface area contributed by atoms with E-state index in [-0.39, 0.29) is 29.4 Å². The van der Waals surface area contributed by atoms with Gasteiger partial charge in [0.15, 0.2) is 11.5 Å². The van der Waals surface area contributed by atoms with Gasteiger partial charge in [0.25, 0.3) is 5.69 Å². The van der Waals surface area contributed by atoms with Gasteiger partial charge in [0.05, 0.1) is 36.9 Å². The smallest absolute Gasteiger partial charge is 0.278 e. The third-order valence-electron chi connectivity index (χ3n) is 2.32. The van der Waals surface area contributed by atoms with Crippen molar-refractivity contribution in [1.29, 1.82) is 0 Å². The van der Waals surface area contributed by atoms with Crippen LogP contribution in [-0.2, 0) is 6.61 Å². The lowest BCUT2D eigenvalue weighted by molar-refractivity contribution is -0.386. The number of hydrogen-bond acceptors (Lipinski definition) is 6. The van der Waals surface area contributed by atoms with E-state index in [4.69, 9.17) is 19.7 Å². The van der Waals surface area contributed by atoms with Crippen LogP contribution in [0.4, 0.5) is 5.69 Å². The minimum atomic E-state index is -0.610. The van der Waals surface area contributed by atoms with Crippen LogP contribution in [0.15, 0.2) is 12.1 Å². The van der Waals surface area contributed by atoms with Gasteiger partial charge in [-0.15, -0.1) is 0 Å². The number of hydrogen-bond donors (Lipinski definition) is 2. The monoisotopic (exact) mass is 257 g/mol. The van der Waals surface area contributed by atoms with Crippen LogP contribution in [0.3, 0.4) is 0 Å². The molecule has 0 aromatic heterocycles. The highest BCUT2D eigenvalue weighted by Crippen LogP contribution is 2.35. The van der Waals surface area contributed by atoms with Gasteiger partial charge in [-0.25, -0.2) is 0 Å². The first-order valence-electron chi connectivity index (χ1n) is 5.27. The van der Waals surface area contributed by atoms with Crippen LogP contribution >= 0.6 is 0 Å². The van der Waals surface area contributed by atoms with Crippen LogP contribution in [-0.4, -0.2) is 35.0 Å². The highest BCUT2D eigenvalue weighted by molar-refractivity contribution is 5.54. The number of methoxy groups -OCH3 is 1. The molecule has 1 atom stereocenters. The number of nitro groups is 1. The van der Waals surface area contributed by atoms with Crippen molar-refractivity contribution in [3.63, 3.8) is 0 Å². The molecule has 0 aliphatic heterocycles. The molecule has 0 aliphatic carbocycles. The van der Waals surface area contributed by atoms with Crippen molar-refractivity contribution in [3.05, 3.63) is 27.8 Å². The van der Waals surface area contributed by atoms with Crippen LogP contribution in [0.5, 0.6) is 11.5 Å². The molecule has 1 aromatic rings. The molecule has 1 unspecified atom stereocenters. The van der Waals surface area contributed by atoms with Crippen LogP contribution in [0.25, 0.3) is 0 Å². The van der Waals surface area contributed by atoms with Crippen molar-refractivity contribution in [2.24, 2.45) is 0 Å². The van der Waals surface area contributed by atoms with Gasteiger partial charge in [0.2, 0.25) is 0 Å². The predicted molar refractivity (Wildman–Crippen MR) is 62.7 cm³/mol. The lowest BCUT2D eigenvalue weighted by Gasteiger charge is -2.15. The lowest BCUT2D eigenvalue weighted by atomic mass is 10.1. The lowest BCUT2D eigenvalue weighted by Crippen LogP contribution is -2.17. The maximum Gasteiger partial charge on any atom is 0.278 e. The molecule has 0 bridgehead atoms. The van der Waals surface area contributed by atoms with E-state index in [1.807, 2.05) is 0 Å². The highest BCUT2D eigenvalue weighted by Gasteiger charge is 2.20. The van der Waals surface area contributed by atoms with Crippen molar-refractivity contribution in [2.45, 2.75) is 19.6 Å². The molecule has 7 nitrogen and oxygen atoms in total. The standard InChI is InChI=1S/C11H15NO6/c1-7(5-13)18-11-4-9(12(15)16)8(6-14)3-10(11)17-2/h3-4,7,13-14H,5-6H2,1-2H3. The first kappa shape index (κ1) is 14.2. The molecule has 1 aromatic carbocycles. The molecule has 0 amide bonds. The van der Waals surface area contributed by atoms with Crippen LogP contribution in [0, 0.1) is 10.1 Å². The van der Waals surface area contributed by atoms with E-state index >= 15 is 0 Å². The summed E-state index contributed by atoms with van der Waals surface area (Å²) >= 11 is 0. The Morgan fingerprint density at radius 1 is 1.39 bits per heavy atom. The second-order valence-electron chi connectivity index (χ2n) is 3.66. The van der Waals surface area contributed by atoms with E-state index in [0.29, 0.717) is 0 Å². The number of aliphatic hydroxyl groups excluding tert-OH is 2. The fourth-order valence-electron chi connectivity index (χ4n) is 1.39. The normalized spacial score (nSPS) is 12.0. The van der Waals surface area contributed by atoms with Crippen molar-refractivity contribution in [3.8, 4) is 11.5 Å². The molecule has 7 heteroatoms. The summed E-state index contributed by atoms with van der Waals surface area (Å²) in [7, 11) is 1.39. The fraction of sp³-hybridized carbons (Fsp3) is 0.455. The van der Waals surface area contributed by atoms with Crippen LogP contribution < -0.4 is 9.47 Å². The van der Waals surface area contributed by atoms with E-state index in [1.54, 1.807) is 6.92 Å². The number of rotatable bonds is 6. The van der Waals surface area contributed by atoms with Gasteiger partial charge in [0, 0.05) is 0 Å². The molecule has 0 fully saturated rings. The molecule has 0 radical (unpaired) electrons. The summed E-state index contributed by atoms with van der Waals surface area (Å²) in [5.74, 6) is 0.424. The Balaban J connectivity index is 3.23. The Kier molecular flexibility index (Phi) is 4.87. The number of aliphatic hydroxyl groups is 2. The maximum atomic E-state index is 10.8. The molecule has 0 heterocycles. The van der Waals surface area contributed by atoms with Gasteiger partial charge < -0.3 is 19.7 Å². The largest absolute Gasteiger partial charge is 0.493 e. The van der Waals surface area contributed by atoms with Gasteiger partial charge in [0.1, 0.15) is 6.10 Å². The Bertz CT molecular complexity index is 434. The van der Waals surface area contributed by atoms with Gasteiger partial charge in [-0.1, -0.05) is 0 Å². The molecule has 100 valence electrons. The van der Waals surface area contributed by atoms with Gasteiger partial charge in [-0.3, -0.25) is 10.1 Å². The zero-order valence-electron chi connectivity index (χ0n) is 10.1. The summed E-state index contributed by atoms with van der Waals surface area (Å²) < 4.78 is 10.3. The molecule has 0 saturated heterocycles. The molecule has 18 heavy (non-hydrogen) atoms. The van der Waals surface area contributed by atoms with Gasteiger partial charge in [-0.05, 0) is 13.0 Å². The minimum Gasteiger partial charge on any atom is -0.493 e. The Hall–Kier alpha value is -1.86. The number of nitrogens with zero attached hydrogens (tertiary/aromatic N) is 1. The third-order valence-corrected chi connectivity index (χ3v) is 2.32. The van der Waals surface area contributed by atoms with E-state index in [9.17, 15) is 10.1 Å². The minimum absolute atomic E-state index is 0.140. The molecule has 0 aliphatic rings. The quantitative estimate of drug-likeness (QED) is 0.578.